The Balaban J connectivity index is 2.64. The van der Waals surface area contributed by atoms with Gasteiger partial charge in [0.1, 0.15) is 0 Å². The maximum absolute atomic E-state index is 11.1. The molecule has 0 aliphatic heterocycles. The van der Waals surface area contributed by atoms with Crippen molar-refractivity contribution in [1.82, 2.24) is 4.98 Å². The van der Waals surface area contributed by atoms with Gasteiger partial charge >= 0.3 is 5.97 Å². The van der Waals surface area contributed by atoms with Gasteiger partial charge in [0.15, 0.2) is 0 Å². The Hall–Kier alpha value is -1.87. The van der Waals surface area contributed by atoms with Crippen molar-refractivity contribution in [3.8, 4) is 11.1 Å². The Labute approximate surface area is 104 Å². The summed E-state index contributed by atoms with van der Waals surface area (Å²) in [5.41, 5.74) is 2.57. The lowest BCUT2D eigenvalue weighted by Crippen LogP contribution is -2.00. The van der Waals surface area contributed by atoms with Crippen LogP contribution in [0.3, 0.4) is 0 Å². The zero-order chi connectivity index (χ0) is 12.4. The maximum Gasteiger partial charge on any atom is 0.337 e. The van der Waals surface area contributed by atoms with Crippen LogP contribution in [0.15, 0.2) is 36.7 Å². The molecule has 1 aromatic heterocycles. The van der Waals surface area contributed by atoms with Gasteiger partial charge in [-0.05, 0) is 41.8 Å². The molecule has 0 aliphatic carbocycles. The van der Waals surface area contributed by atoms with Crippen LogP contribution in [0.2, 0.25) is 5.02 Å². The summed E-state index contributed by atoms with van der Waals surface area (Å²) >= 11 is 5.97. The third-order valence-corrected chi connectivity index (χ3v) is 2.62. The van der Waals surface area contributed by atoms with Crippen LogP contribution >= 0.6 is 11.6 Å². The molecule has 0 saturated carbocycles. The van der Waals surface area contributed by atoms with Crippen molar-refractivity contribution < 1.29 is 9.90 Å². The molecule has 1 N–H and O–H groups in total. The van der Waals surface area contributed by atoms with Gasteiger partial charge in [-0.1, -0.05) is 17.7 Å². The molecular formula is C13H10ClNO2. The number of rotatable bonds is 2. The van der Waals surface area contributed by atoms with E-state index in [4.69, 9.17) is 16.7 Å². The monoisotopic (exact) mass is 247 g/mol. The van der Waals surface area contributed by atoms with Crippen molar-refractivity contribution >= 4 is 17.6 Å². The highest BCUT2D eigenvalue weighted by Gasteiger charge is 2.12. The number of hydrogen-bond donors (Lipinski definition) is 1. The average Bonchev–Trinajstić information content (AvgIpc) is 2.27. The van der Waals surface area contributed by atoms with Crippen LogP contribution in [0.1, 0.15) is 15.9 Å². The van der Waals surface area contributed by atoms with Gasteiger partial charge in [0.25, 0.3) is 0 Å². The number of aryl methyl sites for hydroxylation is 1. The van der Waals surface area contributed by atoms with Crippen molar-refractivity contribution in [2.75, 3.05) is 0 Å². The number of aromatic nitrogens is 1. The fraction of sp³-hybridized carbons (Fsp3) is 0.0769. The normalized spacial score (nSPS) is 10.2. The first kappa shape index (κ1) is 11.6. The third kappa shape index (κ3) is 2.45. The summed E-state index contributed by atoms with van der Waals surface area (Å²) in [6.07, 6.45) is 2.91. The minimum Gasteiger partial charge on any atom is -0.478 e. The zero-order valence-corrected chi connectivity index (χ0v) is 9.90. The Bertz CT molecular complexity index is 561. The Kier molecular flexibility index (Phi) is 3.11. The summed E-state index contributed by atoms with van der Waals surface area (Å²) in [5, 5.41) is 9.68. The van der Waals surface area contributed by atoms with Crippen LogP contribution in [0.4, 0.5) is 0 Å². The smallest absolute Gasteiger partial charge is 0.337 e. The number of hydrogen-bond acceptors (Lipinski definition) is 2. The second kappa shape index (κ2) is 4.55. The van der Waals surface area contributed by atoms with E-state index in [1.165, 1.54) is 6.20 Å². The van der Waals surface area contributed by atoms with E-state index in [-0.39, 0.29) is 5.56 Å². The number of nitrogens with zero attached hydrogens (tertiary/aromatic N) is 1. The van der Waals surface area contributed by atoms with Crippen molar-refractivity contribution in [2.45, 2.75) is 6.92 Å². The lowest BCUT2D eigenvalue weighted by molar-refractivity contribution is 0.0697. The number of carbonyl (C=O) groups is 1. The molecule has 0 radical (unpaired) electrons. The summed E-state index contributed by atoms with van der Waals surface area (Å²) in [6, 6.07) is 7.14. The highest BCUT2D eigenvalue weighted by Crippen LogP contribution is 2.27. The molecule has 4 heteroatoms. The van der Waals surface area contributed by atoms with Gasteiger partial charge in [-0.2, -0.15) is 0 Å². The van der Waals surface area contributed by atoms with E-state index in [1.54, 1.807) is 18.3 Å². The number of aromatic carboxylic acids is 1. The largest absolute Gasteiger partial charge is 0.478 e. The number of carboxylic acids is 1. The van der Waals surface area contributed by atoms with E-state index in [1.807, 2.05) is 19.1 Å². The molecule has 0 unspecified atom stereocenters. The first-order valence-electron chi connectivity index (χ1n) is 5.03. The van der Waals surface area contributed by atoms with Crippen LogP contribution < -0.4 is 0 Å². The Morgan fingerprint density at radius 1 is 1.35 bits per heavy atom. The van der Waals surface area contributed by atoms with Crippen LogP contribution in [0.5, 0.6) is 0 Å². The van der Waals surface area contributed by atoms with Crippen molar-refractivity contribution in [3.05, 3.63) is 52.8 Å². The average molecular weight is 248 g/mol. The molecule has 1 heterocycles. The lowest BCUT2D eigenvalue weighted by atomic mass is 10.0. The second-order valence-corrected chi connectivity index (χ2v) is 4.18. The lowest BCUT2D eigenvalue weighted by Gasteiger charge is -2.07. The first-order valence-corrected chi connectivity index (χ1v) is 5.40. The van der Waals surface area contributed by atoms with Crippen LogP contribution in [0, 0.1) is 6.92 Å². The van der Waals surface area contributed by atoms with E-state index in [0.717, 1.165) is 11.1 Å². The van der Waals surface area contributed by atoms with Gasteiger partial charge in [-0.15, -0.1) is 0 Å². The molecule has 86 valence electrons. The van der Waals surface area contributed by atoms with Gasteiger partial charge in [0, 0.05) is 17.4 Å². The topological polar surface area (TPSA) is 50.2 Å². The molecule has 0 bridgehead atoms. The molecule has 0 spiro atoms. The fourth-order valence-electron chi connectivity index (χ4n) is 1.71. The summed E-state index contributed by atoms with van der Waals surface area (Å²) < 4.78 is 0. The number of carboxylic acid groups (broad SMARTS) is 1. The third-order valence-electron chi connectivity index (χ3n) is 2.40. The minimum atomic E-state index is -0.995. The molecule has 0 amide bonds. The molecule has 0 atom stereocenters. The molecule has 1 aromatic carbocycles. The van der Waals surface area contributed by atoms with E-state index in [9.17, 15) is 4.79 Å². The zero-order valence-electron chi connectivity index (χ0n) is 9.14. The van der Waals surface area contributed by atoms with Gasteiger partial charge in [0.2, 0.25) is 0 Å². The second-order valence-electron chi connectivity index (χ2n) is 3.74. The quantitative estimate of drug-likeness (QED) is 0.885. The summed E-state index contributed by atoms with van der Waals surface area (Å²) in [7, 11) is 0. The fourth-order valence-corrected chi connectivity index (χ4v) is 2.00. The van der Waals surface area contributed by atoms with Crippen LogP contribution in [-0.4, -0.2) is 16.1 Å². The predicted octanol–water partition coefficient (Wildman–Crippen LogP) is 3.41. The van der Waals surface area contributed by atoms with Gasteiger partial charge < -0.3 is 5.11 Å². The summed E-state index contributed by atoms with van der Waals surface area (Å²) in [4.78, 5) is 14.9. The standard InChI is InChI=1S/C13H10ClNO2/c1-8-4-9(6-10(14)5-8)11-2-3-15-7-12(11)13(16)17/h2-7H,1H3,(H,16,17). The number of pyridine rings is 1. The van der Waals surface area contributed by atoms with E-state index in [2.05, 4.69) is 4.98 Å². The molecular weight excluding hydrogens is 238 g/mol. The van der Waals surface area contributed by atoms with E-state index >= 15 is 0 Å². The highest BCUT2D eigenvalue weighted by atomic mass is 35.5. The molecule has 0 fully saturated rings. The van der Waals surface area contributed by atoms with Crippen molar-refractivity contribution in [2.24, 2.45) is 0 Å². The molecule has 3 nitrogen and oxygen atoms in total. The highest BCUT2D eigenvalue weighted by molar-refractivity contribution is 6.31. The minimum absolute atomic E-state index is 0.175. The molecule has 2 aromatic rings. The maximum atomic E-state index is 11.1. The number of halogens is 1. The Morgan fingerprint density at radius 2 is 2.12 bits per heavy atom. The Morgan fingerprint density at radius 3 is 2.76 bits per heavy atom. The number of benzene rings is 1. The summed E-state index contributed by atoms with van der Waals surface area (Å²) in [5.74, 6) is -0.995. The van der Waals surface area contributed by atoms with Gasteiger partial charge in [-0.25, -0.2) is 4.79 Å². The van der Waals surface area contributed by atoms with E-state index in [0.29, 0.717) is 10.6 Å². The SMILES string of the molecule is Cc1cc(Cl)cc(-c2ccncc2C(=O)O)c1. The van der Waals surface area contributed by atoms with Crippen LogP contribution in [-0.2, 0) is 0 Å². The molecule has 17 heavy (non-hydrogen) atoms. The van der Waals surface area contributed by atoms with Gasteiger partial charge in [0.05, 0.1) is 5.56 Å². The van der Waals surface area contributed by atoms with E-state index < -0.39 is 5.97 Å². The van der Waals surface area contributed by atoms with Crippen molar-refractivity contribution in [3.63, 3.8) is 0 Å². The van der Waals surface area contributed by atoms with Crippen LogP contribution in [0.25, 0.3) is 11.1 Å². The predicted molar refractivity (Wildman–Crippen MR) is 66.4 cm³/mol. The van der Waals surface area contributed by atoms with Gasteiger partial charge in [-0.3, -0.25) is 4.98 Å². The van der Waals surface area contributed by atoms with Crippen molar-refractivity contribution in [1.29, 1.82) is 0 Å². The summed E-state index contributed by atoms with van der Waals surface area (Å²) in [6.45, 7) is 1.91. The molecule has 2 rings (SSSR count). The first-order chi connectivity index (χ1) is 8.08. The molecule has 0 aliphatic rings. The molecule has 0 saturated heterocycles.